The summed E-state index contributed by atoms with van der Waals surface area (Å²) in [4.78, 5) is 12.9. The van der Waals surface area contributed by atoms with Crippen LogP contribution >= 0.6 is 0 Å². The Labute approximate surface area is 177 Å². The number of benzene rings is 3. The predicted octanol–water partition coefficient (Wildman–Crippen LogP) is 4.60. The second-order valence-electron chi connectivity index (χ2n) is 7.61. The van der Waals surface area contributed by atoms with Gasteiger partial charge in [-0.25, -0.2) is 8.42 Å². The topological polar surface area (TPSA) is 75.3 Å². The fourth-order valence-electron chi connectivity index (χ4n) is 3.77. The van der Waals surface area contributed by atoms with Crippen molar-refractivity contribution in [2.75, 3.05) is 4.72 Å². The average molecular weight is 421 g/mol. The molecular formula is C24H24N2O3S. The minimum absolute atomic E-state index is 0.00201. The van der Waals surface area contributed by atoms with E-state index in [9.17, 15) is 13.2 Å². The van der Waals surface area contributed by atoms with Crippen molar-refractivity contribution in [1.29, 1.82) is 0 Å². The summed E-state index contributed by atoms with van der Waals surface area (Å²) in [5.41, 5.74) is 4.37. The number of aryl methyl sites for hydroxylation is 2. The van der Waals surface area contributed by atoms with Gasteiger partial charge in [0.05, 0.1) is 10.9 Å². The molecular weight excluding hydrogens is 396 g/mol. The second-order valence-corrected chi connectivity index (χ2v) is 9.30. The molecule has 30 heavy (non-hydrogen) atoms. The number of fused-ring (bicyclic) bond motifs is 1. The first kappa shape index (κ1) is 20.2. The van der Waals surface area contributed by atoms with Crippen molar-refractivity contribution in [3.63, 3.8) is 0 Å². The number of hydrogen-bond donors (Lipinski definition) is 2. The molecule has 0 unspecified atom stereocenters. The summed E-state index contributed by atoms with van der Waals surface area (Å²) in [5.74, 6) is -0.162. The van der Waals surface area contributed by atoms with Crippen molar-refractivity contribution in [2.24, 2.45) is 0 Å². The molecule has 1 aliphatic rings. The van der Waals surface area contributed by atoms with Crippen LogP contribution in [0.25, 0.3) is 0 Å². The molecule has 0 aromatic heterocycles. The van der Waals surface area contributed by atoms with Crippen molar-refractivity contribution in [2.45, 2.75) is 37.1 Å². The van der Waals surface area contributed by atoms with Crippen LogP contribution in [0, 0.1) is 6.92 Å². The maximum absolute atomic E-state index is 12.7. The summed E-state index contributed by atoms with van der Waals surface area (Å²) < 4.78 is 27.6. The van der Waals surface area contributed by atoms with Crippen LogP contribution < -0.4 is 10.0 Å². The van der Waals surface area contributed by atoms with Gasteiger partial charge < -0.3 is 5.32 Å². The number of carbonyl (C=O) groups is 1. The summed E-state index contributed by atoms with van der Waals surface area (Å²) in [6, 6.07) is 21.4. The summed E-state index contributed by atoms with van der Waals surface area (Å²) in [6.07, 6.45) is 3.00. The summed E-state index contributed by atoms with van der Waals surface area (Å²) >= 11 is 0. The van der Waals surface area contributed by atoms with Crippen LogP contribution in [0.15, 0.2) is 77.7 Å². The first-order valence-corrected chi connectivity index (χ1v) is 11.5. The Morgan fingerprint density at radius 3 is 2.37 bits per heavy atom. The van der Waals surface area contributed by atoms with Crippen LogP contribution in [-0.4, -0.2) is 14.3 Å². The SMILES string of the molecule is Cc1ccc(S(=O)(=O)Nc2ccc(C(=O)N[C@@H]3CCCc4ccccc43)cc2)cc1. The number of anilines is 1. The van der Waals surface area contributed by atoms with E-state index in [-0.39, 0.29) is 16.8 Å². The average Bonchev–Trinajstić information content (AvgIpc) is 2.74. The van der Waals surface area contributed by atoms with Crippen molar-refractivity contribution in [3.8, 4) is 0 Å². The molecule has 3 aromatic carbocycles. The van der Waals surface area contributed by atoms with E-state index in [1.807, 2.05) is 19.1 Å². The third-order valence-corrected chi connectivity index (χ3v) is 6.80. The minimum atomic E-state index is -3.67. The lowest BCUT2D eigenvalue weighted by Crippen LogP contribution is -2.30. The normalized spacial score (nSPS) is 15.8. The van der Waals surface area contributed by atoms with Gasteiger partial charge in [0.25, 0.3) is 15.9 Å². The number of nitrogens with one attached hydrogen (secondary N) is 2. The highest BCUT2D eigenvalue weighted by molar-refractivity contribution is 7.92. The maximum atomic E-state index is 12.7. The van der Waals surface area contributed by atoms with Crippen molar-refractivity contribution >= 4 is 21.6 Å². The molecule has 1 atom stereocenters. The molecule has 154 valence electrons. The van der Waals surface area contributed by atoms with Crippen LogP contribution in [0.2, 0.25) is 0 Å². The van der Waals surface area contributed by atoms with Crippen LogP contribution in [-0.2, 0) is 16.4 Å². The van der Waals surface area contributed by atoms with Gasteiger partial charge in [-0.3, -0.25) is 9.52 Å². The predicted molar refractivity (Wildman–Crippen MR) is 118 cm³/mol. The van der Waals surface area contributed by atoms with Gasteiger partial charge >= 0.3 is 0 Å². The highest BCUT2D eigenvalue weighted by Crippen LogP contribution is 2.29. The number of rotatable bonds is 5. The Morgan fingerprint density at radius 2 is 1.63 bits per heavy atom. The Morgan fingerprint density at radius 1 is 0.933 bits per heavy atom. The summed E-state index contributed by atoms with van der Waals surface area (Å²) in [6.45, 7) is 1.90. The third-order valence-electron chi connectivity index (χ3n) is 5.41. The standard InChI is InChI=1S/C24H24N2O3S/c1-17-9-15-21(16-10-17)30(28,29)26-20-13-11-19(12-14-20)24(27)25-23-8-4-6-18-5-2-3-7-22(18)23/h2-3,5,7,9-16,23,26H,4,6,8H2,1H3,(H,25,27)/t23-/m1/s1. The highest BCUT2D eigenvalue weighted by Gasteiger charge is 2.22. The van der Waals surface area contributed by atoms with Gasteiger partial charge in [-0.1, -0.05) is 42.0 Å². The second kappa shape index (κ2) is 8.32. The number of sulfonamides is 1. The molecule has 0 saturated carbocycles. The van der Waals surface area contributed by atoms with Gasteiger partial charge in [-0.05, 0) is 73.7 Å². The monoisotopic (exact) mass is 420 g/mol. The molecule has 0 fully saturated rings. The van der Waals surface area contributed by atoms with Gasteiger partial charge in [0, 0.05) is 11.3 Å². The fourth-order valence-corrected chi connectivity index (χ4v) is 4.83. The first-order chi connectivity index (χ1) is 14.4. The lowest BCUT2D eigenvalue weighted by atomic mass is 9.87. The van der Waals surface area contributed by atoms with Crippen LogP contribution in [0.5, 0.6) is 0 Å². The molecule has 3 aromatic rings. The largest absolute Gasteiger partial charge is 0.345 e. The van der Waals surface area contributed by atoms with Gasteiger partial charge in [0.1, 0.15) is 0 Å². The zero-order valence-electron chi connectivity index (χ0n) is 16.8. The van der Waals surface area contributed by atoms with Gasteiger partial charge in [0.2, 0.25) is 0 Å². The van der Waals surface area contributed by atoms with Crippen LogP contribution in [0.1, 0.15) is 45.9 Å². The van der Waals surface area contributed by atoms with Crippen LogP contribution in [0.3, 0.4) is 0 Å². The van der Waals surface area contributed by atoms with E-state index < -0.39 is 10.0 Å². The van der Waals surface area contributed by atoms with Crippen molar-refractivity contribution < 1.29 is 13.2 Å². The fraction of sp³-hybridized carbons (Fsp3) is 0.208. The third kappa shape index (κ3) is 4.39. The van der Waals surface area contributed by atoms with E-state index in [0.29, 0.717) is 11.3 Å². The molecule has 5 nitrogen and oxygen atoms in total. The van der Waals surface area contributed by atoms with Crippen molar-refractivity contribution in [1.82, 2.24) is 5.32 Å². The summed E-state index contributed by atoms with van der Waals surface area (Å²) in [7, 11) is -3.67. The molecule has 2 N–H and O–H groups in total. The van der Waals surface area contributed by atoms with E-state index in [1.165, 1.54) is 11.1 Å². The lowest BCUT2D eigenvalue weighted by Gasteiger charge is -2.26. The van der Waals surface area contributed by atoms with Gasteiger partial charge in [-0.15, -0.1) is 0 Å². The summed E-state index contributed by atoms with van der Waals surface area (Å²) in [5, 5.41) is 3.11. The Hall–Kier alpha value is -3.12. The molecule has 0 aliphatic heterocycles. The molecule has 1 aliphatic carbocycles. The molecule has 0 spiro atoms. The molecule has 0 bridgehead atoms. The van der Waals surface area contributed by atoms with Crippen molar-refractivity contribution in [3.05, 3.63) is 95.1 Å². The molecule has 1 amide bonds. The van der Waals surface area contributed by atoms with Gasteiger partial charge in [0.15, 0.2) is 0 Å². The maximum Gasteiger partial charge on any atom is 0.261 e. The zero-order valence-corrected chi connectivity index (χ0v) is 17.6. The number of carbonyl (C=O) groups excluding carboxylic acids is 1. The smallest absolute Gasteiger partial charge is 0.261 e. The molecule has 0 saturated heterocycles. The molecule has 6 heteroatoms. The Bertz CT molecular complexity index is 1150. The van der Waals surface area contributed by atoms with E-state index in [2.05, 4.69) is 22.2 Å². The van der Waals surface area contributed by atoms with Gasteiger partial charge in [-0.2, -0.15) is 0 Å². The number of amides is 1. The van der Waals surface area contributed by atoms with E-state index in [0.717, 1.165) is 24.8 Å². The van der Waals surface area contributed by atoms with E-state index >= 15 is 0 Å². The highest BCUT2D eigenvalue weighted by atomic mass is 32.2. The minimum Gasteiger partial charge on any atom is -0.345 e. The zero-order chi connectivity index (χ0) is 21.1. The lowest BCUT2D eigenvalue weighted by molar-refractivity contribution is 0.0933. The number of hydrogen-bond acceptors (Lipinski definition) is 3. The first-order valence-electron chi connectivity index (χ1n) is 10.0. The van der Waals surface area contributed by atoms with E-state index in [1.54, 1.807) is 48.5 Å². The Balaban J connectivity index is 1.45. The Kier molecular flexibility index (Phi) is 5.59. The van der Waals surface area contributed by atoms with E-state index in [4.69, 9.17) is 0 Å². The molecule has 0 heterocycles. The molecule has 4 rings (SSSR count). The molecule has 0 radical (unpaired) electrons. The van der Waals surface area contributed by atoms with Crippen LogP contribution in [0.4, 0.5) is 5.69 Å². The quantitative estimate of drug-likeness (QED) is 0.633.